The van der Waals surface area contributed by atoms with Gasteiger partial charge in [0.15, 0.2) is 0 Å². The molecular formula is C27H40N4O4S. The second-order valence-corrected chi connectivity index (χ2v) is 11.2. The van der Waals surface area contributed by atoms with Crippen LogP contribution in [0.25, 0.3) is 0 Å². The Morgan fingerprint density at radius 3 is 2.19 bits per heavy atom. The van der Waals surface area contributed by atoms with Crippen LogP contribution in [0.15, 0.2) is 48.5 Å². The van der Waals surface area contributed by atoms with Crippen molar-refractivity contribution < 1.29 is 17.9 Å². The number of nitrogens with zero attached hydrogens (tertiary/aromatic N) is 1. The van der Waals surface area contributed by atoms with Gasteiger partial charge in [-0.1, -0.05) is 32.4 Å². The Kier molecular flexibility index (Phi) is 10.6. The molecule has 1 amide bonds. The molecule has 198 valence electrons. The molecule has 0 spiro atoms. The minimum Gasteiger partial charge on any atom is -0.457 e. The fourth-order valence-electron chi connectivity index (χ4n) is 4.30. The highest BCUT2D eigenvalue weighted by molar-refractivity contribution is 7.92. The molecule has 1 atom stereocenters. The molecule has 0 saturated carbocycles. The van der Waals surface area contributed by atoms with Crippen LogP contribution in [0, 0.1) is 0 Å². The summed E-state index contributed by atoms with van der Waals surface area (Å²) in [5.74, 6) is 1.49. The molecule has 1 saturated heterocycles. The first kappa shape index (κ1) is 28.0. The van der Waals surface area contributed by atoms with E-state index >= 15 is 0 Å². The number of likely N-dealkylation sites (tertiary alicyclic amines) is 1. The third-order valence-corrected chi connectivity index (χ3v) is 6.91. The number of piperidine rings is 1. The van der Waals surface area contributed by atoms with Crippen molar-refractivity contribution in [2.45, 2.75) is 64.6 Å². The van der Waals surface area contributed by atoms with E-state index < -0.39 is 10.0 Å². The summed E-state index contributed by atoms with van der Waals surface area (Å²) in [6.45, 7) is 7.82. The fourth-order valence-corrected chi connectivity index (χ4v) is 4.86. The standard InChI is InChI=1S/C27H40N4O4S/c1-4-6-17-28-27(32)26(5-2)29-22-15-18-31(19-16-22)20-21-7-11-24(12-8-21)35-25-13-9-23(10-14-25)30-36(3,33)34/h7-14,22,26,29-30H,4-6,15-20H2,1-3H3,(H,28,32). The maximum absolute atomic E-state index is 12.4. The van der Waals surface area contributed by atoms with E-state index in [4.69, 9.17) is 4.74 Å². The molecule has 0 aliphatic carbocycles. The van der Waals surface area contributed by atoms with E-state index in [2.05, 4.69) is 46.2 Å². The van der Waals surface area contributed by atoms with Crippen LogP contribution in [-0.2, 0) is 21.4 Å². The molecule has 2 aromatic rings. The molecule has 1 heterocycles. The predicted molar refractivity (Wildman–Crippen MR) is 145 cm³/mol. The molecule has 0 radical (unpaired) electrons. The summed E-state index contributed by atoms with van der Waals surface area (Å²) in [6.07, 6.45) is 6.09. The Morgan fingerprint density at radius 1 is 1.03 bits per heavy atom. The number of carbonyl (C=O) groups is 1. The number of unbranched alkanes of at least 4 members (excludes halogenated alkanes) is 1. The zero-order chi connectivity index (χ0) is 26.0. The Bertz CT molecular complexity index is 1050. The second kappa shape index (κ2) is 13.6. The van der Waals surface area contributed by atoms with Crippen LogP contribution in [-0.4, -0.2) is 57.2 Å². The smallest absolute Gasteiger partial charge is 0.237 e. The summed E-state index contributed by atoms with van der Waals surface area (Å²) in [6, 6.07) is 15.1. The zero-order valence-corrected chi connectivity index (χ0v) is 22.4. The van der Waals surface area contributed by atoms with Gasteiger partial charge < -0.3 is 15.4 Å². The molecule has 1 aliphatic rings. The number of hydrogen-bond acceptors (Lipinski definition) is 6. The van der Waals surface area contributed by atoms with E-state index in [0.717, 1.165) is 70.3 Å². The van der Waals surface area contributed by atoms with Gasteiger partial charge in [0.05, 0.1) is 12.3 Å². The Hall–Kier alpha value is -2.62. The minimum atomic E-state index is -3.30. The average Bonchev–Trinajstić information content (AvgIpc) is 2.85. The van der Waals surface area contributed by atoms with Crippen molar-refractivity contribution >= 4 is 21.6 Å². The number of ether oxygens (including phenoxy) is 1. The monoisotopic (exact) mass is 516 g/mol. The SMILES string of the molecule is CCCCNC(=O)C(CC)NC1CCN(Cc2ccc(Oc3ccc(NS(C)(=O)=O)cc3)cc2)CC1. The number of anilines is 1. The third-order valence-electron chi connectivity index (χ3n) is 6.30. The van der Waals surface area contributed by atoms with Crippen LogP contribution in [0.2, 0.25) is 0 Å². The number of sulfonamides is 1. The molecule has 1 fully saturated rings. The lowest BCUT2D eigenvalue weighted by atomic mass is 10.0. The van der Waals surface area contributed by atoms with Gasteiger partial charge in [-0.05, 0) is 80.7 Å². The first-order valence-electron chi connectivity index (χ1n) is 12.9. The highest BCUT2D eigenvalue weighted by Gasteiger charge is 2.24. The number of carbonyl (C=O) groups excluding carboxylic acids is 1. The van der Waals surface area contributed by atoms with Crippen molar-refractivity contribution in [3.8, 4) is 11.5 Å². The molecule has 2 aromatic carbocycles. The van der Waals surface area contributed by atoms with E-state index in [1.165, 1.54) is 5.56 Å². The average molecular weight is 517 g/mol. The number of rotatable bonds is 13. The topological polar surface area (TPSA) is 99.8 Å². The summed E-state index contributed by atoms with van der Waals surface area (Å²) in [5.41, 5.74) is 1.72. The first-order valence-corrected chi connectivity index (χ1v) is 14.8. The molecular weight excluding hydrogens is 476 g/mol. The Morgan fingerprint density at radius 2 is 1.64 bits per heavy atom. The van der Waals surface area contributed by atoms with Crippen molar-refractivity contribution in [2.24, 2.45) is 0 Å². The summed E-state index contributed by atoms with van der Waals surface area (Å²) in [7, 11) is -3.30. The van der Waals surface area contributed by atoms with Crippen LogP contribution in [0.1, 0.15) is 51.5 Å². The van der Waals surface area contributed by atoms with Gasteiger partial charge in [-0.25, -0.2) is 8.42 Å². The van der Waals surface area contributed by atoms with Gasteiger partial charge in [-0.2, -0.15) is 0 Å². The van der Waals surface area contributed by atoms with E-state index in [-0.39, 0.29) is 11.9 Å². The van der Waals surface area contributed by atoms with E-state index in [1.54, 1.807) is 24.3 Å². The summed E-state index contributed by atoms with van der Waals surface area (Å²) in [4.78, 5) is 14.9. The van der Waals surface area contributed by atoms with E-state index in [0.29, 0.717) is 17.5 Å². The summed E-state index contributed by atoms with van der Waals surface area (Å²) >= 11 is 0. The number of amides is 1. The van der Waals surface area contributed by atoms with Crippen molar-refractivity contribution in [1.82, 2.24) is 15.5 Å². The lowest BCUT2D eigenvalue weighted by molar-refractivity contribution is -0.123. The second-order valence-electron chi connectivity index (χ2n) is 9.47. The van der Waals surface area contributed by atoms with Gasteiger partial charge in [0.25, 0.3) is 0 Å². The van der Waals surface area contributed by atoms with Crippen LogP contribution in [0.5, 0.6) is 11.5 Å². The maximum atomic E-state index is 12.4. The van der Waals surface area contributed by atoms with Gasteiger partial charge in [-0.15, -0.1) is 0 Å². The normalized spacial score (nSPS) is 15.9. The molecule has 1 aliphatic heterocycles. The molecule has 36 heavy (non-hydrogen) atoms. The maximum Gasteiger partial charge on any atom is 0.237 e. The molecule has 9 heteroatoms. The van der Waals surface area contributed by atoms with E-state index in [1.807, 2.05) is 12.1 Å². The number of benzene rings is 2. The molecule has 0 aromatic heterocycles. The fraction of sp³-hybridized carbons (Fsp3) is 0.519. The van der Waals surface area contributed by atoms with Crippen LogP contribution in [0.4, 0.5) is 5.69 Å². The molecule has 0 bridgehead atoms. The third kappa shape index (κ3) is 9.44. The minimum absolute atomic E-state index is 0.113. The Balaban J connectivity index is 1.42. The van der Waals surface area contributed by atoms with Crippen molar-refractivity contribution in [3.63, 3.8) is 0 Å². The highest BCUT2D eigenvalue weighted by atomic mass is 32.2. The molecule has 1 unspecified atom stereocenters. The van der Waals surface area contributed by atoms with Crippen LogP contribution in [0.3, 0.4) is 0 Å². The number of hydrogen-bond donors (Lipinski definition) is 3. The van der Waals surface area contributed by atoms with Gasteiger partial charge in [-0.3, -0.25) is 14.4 Å². The summed E-state index contributed by atoms with van der Waals surface area (Å²) in [5, 5.41) is 6.62. The highest BCUT2D eigenvalue weighted by Crippen LogP contribution is 2.24. The van der Waals surface area contributed by atoms with E-state index in [9.17, 15) is 13.2 Å². The van der Waals surface area contributed by atoms with Crippen molar-refractivity contribution in [2.75, 3.05) is 30.6 Å². The number of nitrogens with one attached hydrogen (secondary N) is 3. The molecule has 8 nitrogen and oxygen atoms in total. The van der Waals surface area contributed by atoms with Gasteiger partial charge in [0.2, 0.25) is 15.9 Å². The van der Waals surface area contributed by atoms with Crippen LogP contribution >= 0.6 is 0 Å². The lowest BCUT2D eigenvalue weighted by Gasteiger charge is -2.34. The van der Waals surface area contributed by atoms with Gasteiger partial charge >= 0.3 is 0 Å². The van der Waals surface area contributed by atoms with Crippen LogP contribution < -0.4 is 20.1 Å². The van der Waals surface area contributed by atoms with Gasteiger partial charge in [0.1, 0.15) is 11.5 Å². The Labute approximate surface area is 215 Å². The zero-order valence-electron chi connectivity index (χ0n) is 21.6. The first-order chi connectivity index (χ1) is 17.3. The van der Waals surface area contributed by atoms with Crippen molar-refractivity contribution in [1.29, 1.82) is 0 Å². The summed E-state index contributed by atoms with van der Waals surface area (Å²) < 4.78 is 31.0. The lowest BCUT2D eigenvalue weighted by Crippen LogP contribution is -2.51. The van der Waals surface area contributed by atoms with Gasteiger partial charge in [0, 0.05) is 24.8 Å². The molecule has 3 rings (SSSR count). The molecule has 3 N–H and O–H groups in total. The van der Waals surface area contributed by atoms with Crippen molar-refractivity contribution in [3.05, 3.63) is 54.1 Å². The largest absolute Gasteiger partial charge is 0.457 e. The quantitative estimate of drug-likeness (QED) is 0.347. The predicted octanol–water partition coefficient (Wildman–Crippen LogP) is 4.10.